The van der Waals surface area contributed by atoms with Crippen LogP contribution in [0.5, 0.6) is 5.75 Å². The SMILES string of the molecule is Cc1cccc(OCCN(C)c2ccc3nnc(C(C)(C)C)n3n2)c1. The maximum Gasteiger partial charge on any atom is 0.178 e. The summed E-state index contributed by atoms with van der Waals surface area (Å²) in [5.74, 6) is 2.62. The number of nitrogens with zero attached hydrogens (tertiary/aromatic N) is 5. The van der Waals surface area contributed by atoms with E-state index in [9.17, 15) is 0 Å². The van der Waals surface area contributed by atoms with Gasteiger partial charge in [0, 0.05) is 12.5 Å². The Balaban J connectivity index is 1.70. The normalized spacial score (nSPS) is 11.7. The van der Waals surface area contributed by atoms with Gasteiger partial charge in [-0.25, -0.2) is 0 Å². The maximum absolute atomic E-state index is 5.83. The van der Waals surface area contributed by atoms with Crippen molar-refractivity contribution in [2.75, 3.05) is 25.1 Å². The molecule has 0 unspecified atom stereocenters. The highest BCUT2D eigenvalue weighted by molar-refractivity contribution is 5.45. The molecule has 0 amide bonds. The number of aromatic nitrogens is 4. The zero-order valence-corrected chi connectivity index (χ0v) is 15.5. The summed E-state index contributed by atoms with van der Waals surface area (Å²) in [6.07, 6.45) is 0. The first-order chi connectivity index (χ1) is 11.8. The fourth-order valence-electron chi connectivity index (χ4n) is 2.57. The van der Waals surface area contributed by atoms with Crippen LogP contribution < -0.4 is 9.64 Å². The van der Waals surface area contributed by atoms with Crippen LogP contribution in [0.2, 0.25) is 0 Å². The zero-order valence-electron chi connectivity index (χ0n) is 15.5. The lowest BCUT2D eigenvalue weighted by Gasteiger charge is -2.20. The van der Waals surface area contributed by atoms with E-state index in [4.69, 9.17) is 9.84 Å². The smallest absolute Gasteiger partial charge is 0.178 e. The van der Waals surface area contributed by atoms with Gasteiger partial charge in [0.05, 0.1) is 6.54 Å². The summed E-state index contributed by atoms with van der Waals surface area (Å²) in [4.78, 5) is 2.07. The van der Waals surface area contributed by atoms with E-state index >= 15 is 0 Å². The molecule has 0 aliphatic carbocycles. The highest BCUT2D eigenvalue weighted by atomic mass is 16.5. The Morgan fingerprint density at radius 2 is 1.92 bits per heavy atom. The number of ether oxygens (including phenoxy) is 1. The van der Waals surface area contributed by atoms with Crippen molar-refractivity contribution in [1.29, 1.82) is 0 Å². The highest BCUT2D eigenvalue weighted by Gasteiger charge is 2.22. The molecule has 3 aromatic rings. The number of hydrogen-bond acceptors (Lipinski definition) is 5. The van der Waals surface area contributed by atoms with Gasteiger partial charge in [-0.3, -0.25) is 0 Å². The summed E-state index contributed by atoms with van der Waals surface area (Å²) in [5, 5.41) is 13.2. The number of rotatable bonds is 5. The molecule has 0 saturated carbocycles. The van der Waals surface area contributed by atoms with Crippen molar-refractivity contribution in [3.05, 3.63) is 47.8 Å². The Labute approximate surface area is 148 Å². The first-order valence-corrected chi connectivity index (χ1v) is 8.48. The molecule has 132 valence electrons. The molecular formula is C19H25N5O. The molecule has 0 aliphatic rings. The van der Waals surface area contributed by atoms with E-state index in [0.717, 1.165) is 29.6 Å². The van der Waals surface area contributed by atoms with E-state index < -0.39 is 0 Å². The molecule has 0 fully saturated rings. The van der Waals surface area contributed by atoms with Gasteiger partial charge in [0.2, 0.25) is 0 Å². The molecule has 2 aromatic heterocycles. The van der Waals surface area contributed by atoms with Crippen molar-refractivity contribution in [1.82, 2.24) is 19.8 Å². The minimum atomic E-state index is -0.113. The van der Waals surface area contributed by atoms with Gasteiger partial charge in [0.15, 0.2) is 11.5 Å². The van der Waals surface area contributed by atoms with Gasteiger partial charge in [-0.05, 0) is 36.8 Å². The monoisotopic (exact) mass is 339 g/mol. The number of benzene rings is 1. The van der Waals surface area contributed by atoms with Gasteiger partial charge in [-0.1, -0.05) is 32.9 Å². The molecule has 0 bridgehead atoms. The minimum Gasteiger partial charge on any atom is -0.492 e. The van der Waals surface area contributed by atoms with Crippen LogP contribution in [0.1, 0.15) is 32.2 Å². The van der Waals surface area contributed by atoms with Crippen LogP contribution in [0.15, 0.2) is 36.4 Å². The van der Waals surface area contributed by atoms with Crippen LogP contribution in [0.25, 0.3) is 5.65 Å². The van der Waals surface area contributed by atoms with Crippen molar-refractivity contribution in [3.8, 4) is 5.75 Å². The first-order valence-electron chi connectivity index (χ1n) is 8.48. The molecule has 25 heavy (non-hydrogen) atoms. The van der Waals surface area contributed by atoms with Crippen LogP contribution in [-0.4, -0.2) is 40.0 Å². The lowest BCUT2D eigenvalue weighted by molar-refractivity contribution is 0.325. The Kier molecular flexibility index (Phi) is 4.61. The van der Waals surface area contributed by atoms with Gasteiger partial charge in [0.25, 0.3) is 0 Å². The Morgan fingerprint density at radius 3 is 2.64 bits per heavy atom. The lowest BCUT2D eigenvalue weighted by Crippen LogP contribution is -2.26. The molecule has 2 heterocycles. The summed E-state index contributed by atoms with van der Waals surface area (Å²) in [6.45, 7) is 9.71. The third-order valence-electron chi connectivity index (χ3n) is 4.00. The Bertz CT molecular complexity index is 866. The van der Waals surface area contributed by atoms with Crippen LogP contribution >= 0.6 is 0 Å². The van der Waals surface area contributed by atoms with Crippen LogP contribution in [0, 0.1) is 6.92 Å². The number of fused-ring (bicyclic) bond motifs is 1. The summed E-state index contributed by atoms with van der Waals surface area (Å²) in [6, 6.07) is 12.0. The van der Waals surface area contributed by atoms with E-state index in [1.165, 1.54) is 5.56 Å². The van der Waals surface area contributed by atoms with Gasteiger partial charge in [-0.2, -0.15) is 4.52 Å². The predicted octanol–water partition coefficient (Wildman–Crippen LogP) is 3.25. The molecule has 0 N–H and O–H groups in total. The van der Waals surface area contributed by atoms with Gasteiger partial charge in [-0.15, -0.1) is 15.3 Å². The van der Waals surface area contributed by atoms with Crippen molar-refractivity contribution >= 4 is 11.5 Å². The third-order valence-corrected chi connectivity index (χ3v) is 4.00. The van der Waals surface area contributed by atoms with Crippen LogP contribution in [-0.2, 0) is 5.41 Å². The van der Waals surface area contributed by atoms with Crippen molar-refractivity contribution < 1.29 is 4.74 Å². The molecular weight excluding hydrogens is 314 g/mol. The summed E-state index contributed by atoms with van der Waals surface area (Å²) < 4.78 is 7.66. The standard InChI is InChI=1S/C19H25N5O/c1-14-7-6-8-15(13-14)25-12-11-23(5)17-10-9-16-20-21-18(19(2,3)4)24(16)22-17/h6-10,13H,11-12H2,1-5H3. The average Bonchev–Trinajstić information content (AvgIpc) is 2.98. The molecule has 0 aliphatic heterocycles. The second kappa shape index (κ2) is 6.70. The molecule has 1 aromatic carbocycles. The van der Waals surface area contributed by atoms with E-state index in [2.05, 4.69) is 48.9 Å². The van der Waals surface area contributed by atoms with E-state index in [1.54, 1.807) is 0 Å². The van der Waals surface area contributed by atoms with Crippen molar-refractivity contribution in [2.45, 2.75) is 33.1 Å². The maximum atomic E-state index is 5.83. The minimum absolute atomic E-state index is 0.113. The topological polar surface area (TPSA) is 55.5 Å². The molecule has 0 spiro atoms. The number of anilines is 1. The highest BCUT2D eigenvalue weighted by Crippen LogP contribution is 2.21. The molecule has 6 nitrogen and oxygen atoms in total. The first kappa shape index (κ1) is 17.2. The number of likely N-dealkylation sites (N-methyl/N-ethyl adjacent to an activating group) is 1. The van der Waals surface area contributed by atoms with E-state index in [1.807, 2.05) is 41.9 Å². The second-order valence-electron chi connectivity index (χ2n) is 7.32. The van der Waals surface area contributed by atoms with Crippen LogP contribution in [0.4, 0.5) is 5.82 Å². The largest absolute Gasteiger partial charge is 0.492 e. The molecule has 0 atom stereocenters. The number of aryl methyl sites for hydroxylation is 1. The molecule has 0 radical (unpaired) electrons. The fourth-order valence-corrected chi connectivity index (χ4v) is 2.57. The summed E-state index contributed by atoms with van der Waals surface area (Å²) in [5.41, 5.74) is 1.84. The van der Waals surface area contributed by atoms with Gasteiger partial charge >= 0.3 is 0 Å². The third kappa shape index (κ3) is 3.90. The molecule has 0 saturated heterocycles. The average molecular weight is 339 g/mol. The van der Waals surface area contributed by atoms with Crippen molar-refractivity contribution in [3.63, 3.8) is 0 Å². The predicted molar refractivity (Wildman–Crippen MR) is 99.4 cm³/mol. The molecule has 6 heteroatoms. The Morgan fingerprint density at radius 1 is 1.12 bits per heavy atom. The lowest BCUT2D eigenvalue weighted by atomic mass is 9.96. The number of hydrogen-bond donors (Lipinski definition) is 0. The van der Waals surface area contributed by atoms with Gasteiger partial charge < -0.3 is 9.64 Å². The van der Waals surface area contributed by atoms with E-state index in [0.29, 0.717) is 6.61 Å². The van der Waals surface area contributed by atoms with Crippen molar-refractivity contribution in [2.24, 2.45) is 0 Å². The Hall–Kier alpha value is -2.63. The molecule has 3 rings (SSSR count). The second-order valence-corrected chi connectivity index (χ2v) is 7.32. The zero-order chi connectivity index (χ0) is 18.0. The van der Waals surface area contributed by atoms with Gasteiger partial charge in [0.1, 0.15) is 18.2 Å². The fraction of sp³-hybridized carbons (Fsp3) is 0.421. The summed E-state index contributed by atoms with van der Waals surface area (Å²) >= 11 is 0. The quantitative estimate of drug-likeness (QED) is 0.714. The van der Waals surface area contributed by atoms with Crippen LogP contribution in [0.3, 0.4) is 0 Å². The van der Waals surface area contributed by atoms with E-state index in [-0.39, 0.29) is 5.41 Å². The summed E-state index contributed by atoms with van der Waals surface area (Å²) in [7, 11) is 2.01.